The average Bonchev–Trinajstić information content (AvgIpc) is 2.47. The van der Waals surface area contributed by atoms with Crippen molar-refractivity contribution in [2.45, 2.75) is 30.8 Å². The van der Waals surface area contributed by atoms with Crippen LogP contribution in [0.25, 0.3) is 10.8 Å². The third kappa shape index (κ3) is 4.05. The zero-order chi connectivity index (χ0) is 15.3. The summed E-state index contributed by atoms with van der Waals surface area (Å²) in [5.74, 6) is 0. The molecule has 3 nitrogen and oxygen atoms in total. The van der Waals surface area contributed by atoms with Gasteiger partial charge in [-0.1, -0.05) is 43.7 Å². The Bertz CT molecular complexity index is 785. The Morgan fingerprint density at radius 2 is 1.90 bits per heavy atom. The van der Waals surface area contributed by atoms with Gasteiger partial charge in [-0.15, -0.1) is 5.73 Å². The van der Waals surface area contributed by atoms with Crippen LogP contribution in [0.15, 0.2) is 64.6 Å². The molecular formula is C17H18O3S. The first-order valence-corrected chi connectivity index (χ1v) is 8.42. The number of aliphatic hydroxyl groups is 1. The highest BCUT2D eigenvalue weighted by atomic mass is 32.2. The summed E-state index contributed by atoms with van der Waals surface area (Å²) in [5, 5.41) is 12.4. The van der Waals surface area contributed by atoms with Gasteiger partial charge in [0, 0.05) is 0 Å². The Kier molecular flexibility index (Phi) is 4.97. The first-order valence-electron chi connectivity index (χ1n) is 6.87. The van der Waals surface area contributed by atoms with Gasteiger partial charge in [-0.2, -0.15) is 0 Å². The minimum absolute atomic E-state index is 0.229. The van der Waals surface area contributed by atoms with Crippen molar-refractivity contribution in [3.8, 4) is 0 Å². The second-order valence-electron chi connectivity index (χ2n) is 4.86. The Labute approximate surface area is 125 Å². The van der Waals surface area contributed by atoms with Gasteiger partial charge >= 0.3 is 0 Å². The summed E-state index contributed by atoms with van der Waals surface area (Å²) in [5.41, 5.74) is 2.57. The molecule has 2 aromatic carbocycles. The number of hydrogen-bond donors (Lipinski definition) is 1. The Hall–Kier alpha value is -1.87. The lowest BCUT2D eigenvalue weighted by atomic mass is 10.1. The summed E-state index contributed by atoms with van der Waals surface area (Å²) >= 11 is 0. The second-order valence-corrected chi connectivity index (χ2v) is 6.66. The number of benzene rings is 2. The highest BCUT2D eigenvalue weighted by molar-refractivity contribution is 7.94. The molecule has 2 rings (SSSR count). The third-order valence-corrected chi connectivity index (χ3v) is 4.50. The smallest absolute Gasteiger partial charge is 0.207 e. The highest BCUT2D eigenvalue weighted by Crippen LogP contribution is 2.20. The van der Waals surface area contributed by atoms with Crippen LogP contribution in [-0.2, 0) is 9.84 Å². The molecule has 0 fully saturated rings. The molecule has 1 N–H and O–H groups in total. The van der Waals surface area contributed by atoms with Crippen molar-refractivity contribution < 1.29 is 13.5 Å². The Morgan fingerprint density at radius 1 is 1.19 bits per heavy atom. The molecule has 2 aromatic rings. The van der Waals surface area contributed by atoms with Gasteiger partial charge in [0.15, 0.2) is 0 Å². The van der Waals surface area contributed by atoms with Crippen LogP contribution in [0.1, 0.15) is 19.8 Å². The van der Waals surface area contributed by atoms with E-state index < -0.39 is 15.9 Å². The first kappa shape index (κ1) is 15.5. The fraction of sp³-hybridized carbons (Fsp3) is 0.235. The largest absolute Gasteiger partial charge is 0.388 e. The molecule has 1 unspecified atom stereocenters. The summed E-state index contributed by atoms with van der Waals surface area (Å²) in [6, 6.07) is 12.6. The lowest BCUT2D eigenvalue weighted by Gasteiger charge is -2.02. The van der Waals surface area contributed by atoms with Crippen molar-refractivity contribution in [2.75, 3.05) is 0 Å². The van der Waals surface area contributed by atoms with E-state index >= 15 is 0 Å². The highest BCUT2D eigenvalue weighted by Gasteiger charge is 2.10. The molecule has 0 saturated heterocycles. The van der Waals surface area contributed by atoms with Gasteiger partial charge < -0.3 is 5.11 Å². The van der Waals surface area contributed by atoms with Crippen LogP contribution in [-0.4, -0.2) is 19.6 Å². The maximum atomic E-state index is 12.2. The van der Waals surface area contributed by atoms with E-state index in [2.05, 4.69) is 5.73 Å². The van der Waals surface area contributed by atoms with Gasteiger partial charge in [0.2, 0.25) is 9.84 Å². The molecule has 0 aromatic heterocycles. The molecule has 0 radical (unpaired) electrons. The van der Waals surface area contributed by atoms with Crippen LogP contribution in [0.4, 0.5) is 0 Å². The van der Waals surface area contributed by atoms with E-state index in [0.717, 1.165) is 22.6 Å². The van der Waals surface area contributed by atoms with Crippen LogP contribution in [0.5, 0.6) is 0 Å². The van der Waals surface area contributed by atoms with E-state index in [1.165, 1.54) is 6.08 Å². The molecule has 0 aliphatic heterocycles. The predicted molar refractivity (Wildman–Crippen MR) is 84.7 cm³/mol. The Balaban J connectivity index is 2.31. The quantitative estimate of drug-likeness (QED) is 0.861. The summed E-state index contributed by atoms with van der Waals surface area (Å²) in [7, 11) is -3.54. The minimum atomic E-state index is -3.54. The van der Waals surface area contributed by atoms with E-state index in [9.17, 15) is 13.5 Å². The topological polar surface area (TPSA) is 54.4 Å². The van der Waals surface area contributed by atoms with Crippen molar-refractivity contribution in [1.29, 1.82) is 0 Å². The molecule has 0 aliphatic carbocycles. The van der Waals surface area contributed by atoms with E-state index in [1.807, 2.05) is 31.2 Å². The zero-order valence-corrected chi connectivity index (χ0v) is 12.7. The molecule has 1 atom stereocenters. The molecule has 0 spiro atoms. The third-order valence-electron chi connectivity index (χ3n) is 3.15. The van der Waals surface area contributed by atoms with Crippen LogP contribution in [0, 0.1) is 0 Å². The van der Waals surface area contributed by atoms with E-state index in [1.54, 1.807) is 18.2 Å². The fourth-order valence-corrected chi connectivity index (χ4v) is 2.97. The molecule has 0 bridgehead atoms. The molecule has 21 heavy (non-hydrogen) atoms. The van der Waals surface area contributed by atoms with Crippen LogP contribution < -0.4 is 0 Å². The summed E-state index contributed by atoms with van der Waals surface area (Å²) in [6.07, 6.45) is 2.15. The van der Waals surface area contributed by atoms with Gasteiger partial charge in [-0.05, 0) is 35.4 Å². The minimum Gasteiger partial charge on any atom is -0.388 e. The normalized spacial score (nSPS) is 12.7. The number of aliphatic hydroxyl groups excluding tert-OH is 1. The predicted octanol–water partition coefficient (Wildman–Crippen LogP) is 3.44. The van der Waals surface area contributed by atoms with Gasteiger partial charge in [0.1, 0.15) is 0 Å². The van der Waals surface area contributed by atoms with Crippen molar-refractivity contribution in [3.63, 3.8) is 0 Å². The van der Waals surface area contributed by atoms with Crippen molar-refractivity contribution >= 4 is 20.6 Å². The summed E-state index contributed by atoms with van der Waals surface area (Å²) < 4.78 is 24.4. The maximum Gasteiger partial charge on any atom is 0.207 e. The second kappa shape index (κ2) is 6.72. The van der Waals surface area contributed by atoms with Gasteiger partial charge in [0.05, 0.1) is 16.4 Å². The number of sulfone groups is 1. The van der Waals surface area contributed by atoms with Crippen molar-refractivity contribution in [1.82, 2.24) is 0 Å². The monoisotopic (exact) mass is 302 g/mol. The zero-order valence-electron chi connectivity index (χ0n) is 11.9. The number of fused-ring (bicyclic) bond motifs is 1. The van der Waals surface area contributed by atoms with Crippen molar-refractivity contribution in [3.05, 3.63) is 59.7 Å². The number of rotatable bonds is 5. The maximum absolute atomic E-state index is 12.2. The summed E-state index contributed by atoms with van der Waals surface area (Å²) in [4.78, 5) is 0.229. The number of hydrogen-bond acceptors (Lipinski definition) is 3. The molecule has 110 valence electrons. The van der Waals surface area contributed by atoms with E-state index in [4.69, 9.17) is 0 Å². The molecule has 4 heteroatoms. The van der Waals surface area contributed by atoms with Gasteiger partial charge in [0.25, 0.3) is 0 Å². The molecule has 0 saturated carbocycles. The Morgan fingerprint density at radius 3 is 2.62 bits per heavy atom. The molecule has 0 aliphatic rings. The SMILES string of the molecule is CCCC(O)C=C=CS(=O)(=O)c1ccc2ccccc2c1. The fourth-order valence-electron chi connectivity index (χ4n) is 2.03. The van der Waals surface area contributed by atoms with E-state index in [0.29, 0.717) is 6.42 Å². The summed E-state index contributed by atoms with van der Waals surface area (Å²) in [6.45, 7) is 1.95. The van der Waals surface area contributed by atoms with E-state index in [-0.39, 0.29) is 4.90 Å². The molecule has 0 amide bonds. The van der Waals surface area contributed by atoms with Crippen LogP contribution in [0.3, 0.4) is 0 Å². The van der Waals surface area contributed by atoms with Crippen molar-refractivity contribution in [2.24, 2.45) is 0 Å². The van der Waals surface area contributed by atoms with Gasteiger partial charge in [-0.3, -0.25) is 0 Å². The standard InChI is InChI=1S/C17H18O3S/c1-2-6-16(18)9-5-12-21(19,20)17-11-10-14-7-3-4-8-15(14)13-17/h3-4,7-13,16,18H,2,6H2,1H3. The molecule has 0 heterocycles. The van der Waals surface area contributed by atoms with Crippen LogP contribution >= 0.6 is 0 Å². The molecular weight excluding hydrogens is 284 g/mol. The lowest BCUT2D eigenvalue weighted by molar-refractivity contribution is 0.212. The average molecular weight is 302 g/mol. The lowest BCUT2D eigenvalue weighted by Crippen LogP contribution is -2.00. The van der Waals surface area contributed by atoms with Gasteiger partial charge in [-0.25, -0.2) is 8.42 Å². The first-order chi connectivity index (χ1) is 10.0. The van der Waals surface area contributed by atoms with Crippen LogP contribution in [0.2, 0.25) is 0 Å².